The molecule has 20 heavy (non-hydrogen) atoms. The zero-order valence-electron chi connectivity index (χ0n) is 11.0. The van der Waals surface area contributed by atoms with E-state index < -0.39 is 22.5 Å². The van der Waals surface area contributed by atoms with Crippen molar-refractivity contribution in [3.8, 4) is 5.75 Å². The van der Waals surface area contributed by atoms with Crippen LogP contribution in [0.5, 0.6) is 5.75 Å². The Bertz CT molecular complexity index is 495. The van der Waals surface area contributed by atoms with Crippen molar-refractivity contribution in [2.24, 2.45) is 0 Å². The normalized spacial score (nSPS) is 23.4. The third-order valence-corrected chi connectivity index (χ3v) is 4.66. The summed E-state index contributed by atoms with van der Waals surface area (Å²) in [7, 11) is 0.504. The van der Waals surface area contributed by atoms with Crippen molar-refractivity contribution in [1.29, 1.82) is 0 Å². The molecule has 7 heteroatoms. The number of halogens is 3. The van der Waals surface area contributed by atoms with Crippen LogP contribution in [-0.2, 0) is 17.0 Å². The number of rotatable bonds is 3. The zero-order valence-corrected chi connectivity index (χ0v) is 11.8. The topological polar surface area (TPSA) is 38.3 Å². The number of benzene rings is 1. The quantitative estimate of drug-likeness (QED) is 0.933. The predicted octanol–water partition coefficient (Wildman–Crippen LogP) is 3.04. The van der Waals surface area contributed by atoms with Crippen LogP contribution in [0.1, 0.15) is 18.4 Å². The fourth-order valence-electron chi connectivity index (χ4n) is 2.17. The Morgan fingerprint density at radius 1 is 1.30 bits per heavy atom. The lowest BCUT2D eigenvalue weighted by Crippen LogP contribution is -2.30. The molecule has 0 spiro atoms. The molecular weight excluding hydrogens is 291 g/mol. The maximum atomic E-state index is 13.0. The molecule has 1 N–H and O–H groups in total. The van der Waals surface area contributed by atoms with Gasteiger partial charge in [-0.15, -0.1) is 0 Å². The highest BCUT2D eigenvalue weighted by atomic mass is 32.2. The summed E-state index contributed by atoms with van der Waals surface area (Å²) < 4.78 is 55.2. The van der Waals surface area contributed by atoms with E-state index in [0.717, 1.165) is 6.07 Å². The SMILES string of the molecule is COc1ccc(NC2CCS(=O)CC2)c(C(F)(F)F)c1. The van der Waals surface area contributed by atoms with Crippen molar-refractivity contribution >= 4 is 16.5 Å². The number of nitrogens with one attached hydrogen (secondary N) is 1. The van der Waals surface area contributed by atoms with Gasteiger partial charge in [-0.2, -0.15) is 13.2 Å². The monoisotopic (exact) mass is 307 g/mol. The first kappa shape index (κ1) is 15.2. The molecule has 1 fully saturated rings. The Morgan fingerprint density at radius 2 is 1.95 bits per heavy atom. The average molecular weight is 307 g/mol. The van der Waals surface area contributed by atoms with Gasteiger partial charge in [0.15, 0.2) is 0 Å². The van der Waals surface area contributed by atoms with Crippen LogP contribution in [0.3, 0.4) is 0 Å². The van der Waals surface area contributed by atoms with Gasteiger partial charge in [0.2, 0.25) is 0 Å². The van der Waals surface area contributed by atoms with E-state index in [1.54, 1.807) is 0 Å². The van der Waals surface area contributed by atoms with Crippen LogP contribution in [0.4, 0.5) is 18.9 Å². The van der Waals surface area contributed by atoms with E-state index >= 15 is 0 Å². The van der Waals surface area contributed by atoms with Crippen molar-refractivity contribution in [3.63, 3.8) is 0 Å². The molecule has 0 saturated carbocycles. The van der Waals surface area contributed by atoms with E-state index in [9.17, 15) is 17.4 Å². The van der Waals surface area contributed by atoms with Crippen LogP contribution >= 0.6 is 0 Å². The first-order chi connectivity index (χ1) is 9.40. The Morgan fingerprint density at radius 3 is 2.50 bits per heavy atom. The second-order valence-corrected chi connectivity index (χ2v) is 6.37. The van der Waals surface area contributed by atoms with E-state index in [4.69, 9.17) is 4.74 Å². The van der Waals surface area contributed by atoms with Crippen LogP contribution in [0, 0.1) is 0 Å². The summed E-state index contributed by atoms with van der Waals surface area (Å²) in [6.45, 7) is 0. The van der Waals surface area contributed by atoms with E-state index in [2.05, 4.69) is 5.32 Å². The van der Waals surface area contributed by atoms with Crippen LogP contribution in [-0.4, -0.2) is 28.9 Å². The van der Waals surface area contributed by atoms with Gasteiger partial charge >= 0.3 is 6.18 Å². The van der Waals surface area contributed by atoms with Gasteiger partial charge in [-0.3, -0.25) is 4.21 Å². The molecule has 1 heterocycles. The molecule has 0 atom stereocenters. The number of ether oxygens (including phenoxy) is 1. The zero-order chi connectivity index (χ0) is 14.8. The van der Waals surface area contributed by atoms with Gasteiger partial charge in [-0.25, -0.2) is 0 Å². The lowest BCUT2D eigenvalue weighted by Gasteiger charge is -2.25. The fourth-order valence-corrected chi connectivity index (χ4v) is 3.47. The average Bonchev–Trinajstić information content (AvgIpc) is 2.40. The maximum absolute atomic E-state index is 13.0. The summed E-state index contributed by atoms with van der Waals surface area (Å²) in [6.07, 6.45) is -3.19. The molecule has 1 aliphatic rings. The highest BCUT2D eigenvalue weighted by Crippen LogP contribution is 2.37. The van der Waals surface area contributed by atoms with Crippen molar-refractivity contribution in [1.82, 2.24) is 0 Å². The molecule has 1 saturated heterocycles. The lowest BCUT2D eigenvalue weighted by molar-refractivity contribution is -0.137. The third kappa shape index (κ3) is 3.65. The molecular formula is C13H16F3NO2S. The van der Waals surface area contributed by atoms with Gasteiger partial charge in [0.1, 0.15) is 5.75 Å². The molecule has 0 aliphatic carbocycles. The van der Waals surface area contributed by atoms with Gasteiger partial charge in [-0.05, 0) is 31.0 Å². The molecule has 0 amide bonds. The largest absolute Gasteiger partial charge is 0.497 e. The van der Waals surface area contributed by atoms with Crippen LogP contribution in [0.2, 0.25) is 0 Å². The van der Waals surface area contributed by atoms with E-state index in [-0.39, 0.29) is 17.5 Å². The van der Waals surface area contributed by atoms with Crippen LogP contribution < -0.4 is 10.1 Å². The Hall–Kier alpha value is -1.24. The minimum absolute atomic E-state index is 0.0518. The molecule has 112 valence electrons. The van der Waals surface area contributed by atoms with Gasteiger partial charge < -0.3 is 10.1 Å². The molecule has 1 aliphatic heterocycles. The van der Waals surface area contributed by atoms with Crippen molar-refractivity contribution < 1.29 is 22.1 Å². The predicted molar refractivity (Wildman–Crippen MR) is 72.5 cm³/mol. The lowest BCUT2D eigenvalue weighted by atomic mass is 10.1. The highest BCUT2D eigenvalue weighted by Gasteiger charge is 2.34. The summed E-state index contributed by atoms with van der Waals surface area (Å²) in [6, 6.07) is 3.80. The minimum atomic E-state index is -4.44. The molecule has 0 aromatic heterocycles. The number of hydrogen-bond donors (Lipinski definition) is 1. The molecule has 2 rings (SSSR count). The van der Waals surface area contributed by atoms with E-state index in [1.165, 1.54) is 19.2 Å². The van der Waals surface area contributed by atoms with Gasteiger partial charge in [0, 0.05) is 34.0 Å². The summed E-state index contributed by atoms with van der Waals surface area (Å²) >= 11 is 0. The fraction of sp³-hybridized carbons (Fsp3) is 0.538. The first-order valence-electron chi connectivity index (χ1n) is 6.27. The number of alkyl halides is 3. The smallest absolute Gasteiger partial charge is 0.418 e. The summed E-state index contributed by atoms with van der Waals surface area (Å²) in [4.78, 5) is 0. The highest BCUT2D eigenvalue weighted by molar-refractivity contribution is 7.85. The molecule has 1 aromatic rings. The third-order valence-electron chi connectivity index (χ3n) is 3.28. The number of methoxy groups -OCH3 is 1. The van der Waals surface area contributed by atoms with Crippen LogP contribution in [0.15, 0.2) is 18.2 Å². The molecule has 0 unspecified atom stereocenters. The summed E-state index contributed by atoms with van der Waals surface area (Å²) in [5.41, 5.74) is -0.681. The van der Waals surface area contributed by atoms with Crippen LogP contribution in [0.25, 0.3) is 0 Å². The Labute approximate surface area is 118 Å². The molecule has 3 nitrogen and oxygen atoms in total. The van der Waals surface area contributed by atoms with E-state index in [0.29, 0.717) is 24.3 Å². The van der Waals surface area contributed by atoms with Gasteiger partial charge in [-0.1, -0.05) is 0 Å². The second kappa shape index (κ2) is 6.03. The molecule has 0 radical (unpaired) electrons. The van der Waals surface area contributed by atoms with Crippen molar-refractivity contribution in [2.45, 2.75) is 25.1 Å². The standard InChI is InChI=1S/C13H16F3NO2S/c1-19-10-2-3-12(11(8-10)13(14,15)16)17-9-4-6-20(18)7-5-9/h2-3,8-9,17H,4-7H2,1H3. The van der Waals surface area contributed by atoms with Crippen molar-refractivity contribution in [2.75, 3.05) is 23.9 Å². The summed E-state index contributed by atoms with van der Waals surface area (Å²) in [5.74, 6) is 1.25. The minimum Gasteiger partial charge on any atom is -0.497 e. The maximum Gasteiger partial charge on any atom is 0.418 e. The van der Waals surface area contributed by atoms with Crippen molar-refractivity contribution in [3.05, 3.63) is 23.8 Å². The second-order valence-electron chi connectivity index (χ2n) is 4.68. The Kier molecular flexibility index (Phi) is 4.57. The number of anilines is 1. The molecule has 0 bridgehead atoms. The molecule has 1 aromatic carbocycles. The first-order valence-corrected chi connectivity index (χ1v) is 7.75. The Balaban J connectivity index is 2.20. The summed E-state index contributed by atoms with van der Waals surface area (Å²) in [5, 5.41) is 2.92. The number of hydrogen-bond acceptors (Lipinski definition) is 3. The van der Waals surface area contributed by atoms with E-state index in [1.807, 2.05) is 0 Å². The van der Waals surface area contributed by atoms with Gasteiger partial charge in [0.05, 0.1) is 12.7 Å². The van der Waals surface area contributed by atoms with Gasteiger partial charge in [0.25, 0.3) is 0 Å².